The molecule has 1 amide bonds. The Morgan fingerprint density at radius 2 is 1.75 bits per heavy atom. The Morgan fingerprint density at radius 1 is 1.31 bits per heavy atom. The van der Waals surface area contributed by atoms with Crippen molar-refractivity contribution in [1.29, 1.82) is 0 Å². The number of primary amides is 1. The Labute approximate surface area is 97.8 Å². The second-order valence-corrected chi connectivity index (χ2v) is 3.99. The lowest BCUT2D eigenvalue weighted by atomic mass is 10.0. The summed E-state index contributed by atoms with van der Waals surface area (Å²) in [4.78, 5) is 10.6. The van der Waals surface area contributed by atoms with Gasteiger partial charge in [0.2, 0.25) is 5.91 Å². The van der Waals surface area contributed by atoms with E-state index in [0.29, 0.717) is 0 Å². The topological polar surface area (TPSA) is 83.6 Å². The largest absolute Gasteiger partial charge is 0.385 e. The number of rotatable bonds is 3. The average Bonchev–Trinajstić information content (AvgIpc) is 2.14. The lowest BCUT2D eigenvalue weighted by molar-refractivity contribution is -0.132. The Hall–Kier alpha value is -1.05. The Bertz CT molecular complexity index is 404. The molecule has 88 valence electrons. The average molecular weight is 296 g/mol. The molecule has 2 unspecified atom stereocenters. The second-order valence-electron chi connectivity index (χ2n) is 3.08. The molecule has 0 spiro atoms. The van der Waals surface area contributed by atoms with Crippen molar-refractivity contribution in [3.05, 3.63) is 33.8 Å². The summed E-state index contributed by atoms with van der Waals surface area (Å²) in [7, 11) is 0. The fourth-order valence-corrected chi connectivity index (χ4v) is 1.55. The van der Waals surface area contributed by atoms with Crippen LogP contribution in [-0.4, -0.2) is 22.2 Å². The van der Waals surface area contributed by atoms with Crippen LogP contribution in [0.3, 0.4) is 0 Å². The van der Waals surface area contributed by atoms with E-state index >= 15 is 0 Å². The van der Waals surface area contributed by atoms with Crippen molar-refractivity contribution in [2.75, 3.05) is 0 Å². The molecule has 0 aliphatic rings. The molecule has 0 saturated carbocycles. The van der Waals surface area contributed by atoms with E-state index in [1.165, 1.54) is 0 Å². The Morgan fingerprint density at radius 3 is 2.12 bits per heavy atom. The number of amides is 1. The summed E-state index contributed by atoms with van der Waals surface area (Å²) in [5, 5.41) is 18.5. The normalized spacial score (nSPS) is 14.6. The molecule has 0 fully saturated rings. The van der Waals surface area contributed by atoms with Gasteiger partial charge >= 0.3 is 0 Å². The van der Waals surface area contributed by atoms with E-state index in [2.05, 4.69) is 15.9 Å². The maximum atomic E-state index is 13.3. The number of benzene rings is 1. The summed E-state index contributed by atoms with van der Waals surface area (Å²) in [6.07, 6.45) is -4.10. The van der Waals surface area contributed by atoms with Gasteiger partial charge in [0.25, 0.3) is 0 Å². The number of hydrogen-bond acceptors (Lipinski definition) is 3. The number of halogens is 3. The fraction of sp³-hybridized carbons (Fsp3) is 0.222. The predicted octanol–water partition coefficient (Wildman–Crippen LogP) is 0.607. The molecule has 0 aliphatic heterocycles. The van der Waals surface area contributed by atoms with Gasteiger partial charge in [-0.3, -0.25) is 4.79 Å². The molecule has 1 rings (SSSR count). The summed E-state index contributed by atoms with van der Waals surface area (Å²) < 4.78 is 26.7. The fourth-order valence-electron chi connectivity index (χ4n) is 1.15. The minimum atomic E-state index is -2.06. The summed E-state index contributed by atoms with van der Waals surface area (Å²) in [6, 6.07) is 1.80. The van der Waals surface area contributed by atoms with E-state index in [1.807, 2.05) is 0 Å². The molecule has 1 aromatic rings. The van der Waals surface area contributed by atoms with E-state index < -0.39 is 35.3 Å². The highest BCUT2D eigenvalue weighted by molar-refractivity contribution is 9.10. The van der Waals surface area contributed by atoms with Crippen molar-refractivity contribution in [2.24, 2.45) is 5.73 Å². The molecule has 0 saturated heterocycles. The lowest BCUT2D eigenvalue weighted by Crippen LogP contribution is -2.34. The second kappa shape index (κ2) is 4.86. The van der Waals surface area contributed by atoms with Crippen molar-refractivity contribution < 1.29 is 23.8 Å². The van der Waals surface area contributed by atoms with Gasteiger partial charge in [-0.05, 0) is 12.1 Å². The molecular weight excluding hydrogens is 288 g/mol. The zero-order valence-electron chi connectivity index (χ0n) is 7.82. The minimum absolute atomic E-state index is 0.131. The molecule has 4 nitrogen and oxygen atoms in total. The van der Waals surface area contributed by atoms with Crippen LogP contribution in [0.15, 0.2) is 16.6 Å². The van der Waals surface area contributed by atoms with E-state index in [4.69, 9.17) is 10.8 Å². The van der Waals surface area contributed by atoms with Crippen molar-refractivity contribution in [3.63, 3.8) is 0 Å². The van der Waals surface area contributed by atoms with E-state index in [1.54, 1.807) is 0 Å². The third-order valence-corrected chi connectivity index (χ3v) is 2.39. The van der Waals surface area contributed by atoms with Crippen LogP contribution in [0.4, 0.5) is 8.78 Å². The summed E-state index contributed by atoms with van der Waals surface area (Å²) in [5.41, 5.74) is 3.90. The molecule has 16 heavy (non-hydrogen) atoms. The number of aliphatic hydroxyl groups excluding tert-OH is 2. The van der Waals surface area contributed by atoms with Gasteiger partial charge in [0, 0.05) is 4.47 Å². The van der Waals surface area contributed by atoms with Crippen molar-refractivity contribution in [2.45, 2.75) is 12.2 Å². The first-order valence-corrected chi connectivity index (χ1v) is 4.93. The molecule has 4 N–H and O–H groups in total. The Balaban J connectivity index is 3.18. The Kier molecular flexibility index (Phi) is 3.95. The van der Waals surface area contributed by atoms with Gasteiger partial charge in [0.15, 0.2) is 6.10 Å². The number of nitrogens with two attached hydrogens (primary N) is 1. The first-order chi connectivity index (χ1) is 7.34. The van der Waals surface area contributed by atoms with Gasteiger partial charge in [-0.1, -0.05) is 15.9 Å². The number of hydrogen-bond donors (Lipinski definition) is 3. The summed E-state index contributed by atoms with van der Waals surface area (Å²) in [5.74, 6) is -3.44. The zero-order chi connectivity index (χ0) is 12.5. The molecule has 0 aromatic heterocycles. The summed E-state index contributed by atoms with van der Waals surface area (Å²) in [6.45, 7) is 0. The molecule has 1 aromatic carbocycles. The first kappa shape index (κ1) is 13.0. The van der Waals surface area contributed by atoms with Crippen LogP contribution >= 0.6 is 15.9 Å². The van der Waals surface area contributed by atoms with Gasteiger partial charge in [-0.2, -0.15) is 0 Å². The van der Waals surface area contributed by atoms with Crippen molar-refractivity contribution >= 4 is 21.8 Å². The van der Waals surface area contributed by atoms with Crippen molar-refractivity contribution in [3.8, 4) is 0 Å². The predicted molar refractivity (Wildman–Crippen MR) is 54.2 cm³/mol. The molecule has 0 aliphatic carbocycles. The number of carbonyl (C=O) groups excluding carboxylic acids is 1. The maximum absolute atomic E-state index is 13.3. The molecular formula is C9H8BrF2NO3. The SMILES string of the molecule is NC(=O)C(O)C(O)c1c(F)cc(Br)cc1F. The van der Waals surface area contributed by atoms with E-state index in [9.17, 15) is 18.7 Å². The minimum Gasteiger partial charge on any atom is -0.385 e. The molecule has 7 heteroatoms. The van der Waals surface area contributed by atoms with Crippen LogP contribution in [0.1, 0.15) is 11.7 Å². The van der Waals surface area contributed by atoms with Crippen molar-refractivity contribution in [1.82, 2.24) is 0 Å². The van der Waals surface area contributed by atoms with Gasteiger partial charge in [0.05, 0.1) is 5.56 Å². The summed E-state index contributed by atoms with van der Waals surface area (Å²) >= 11 is 2.85. The van der Waals surface area contributed by atoms with E-state index in [-0.39, 0.29) is 4.47 Å². The van der Waals surface area contributed by atoms with Gasteiger partial charge in [-0.25, -0.2) is 8.78 Å². The highest BCUT2D eigenvalue weighted by atomic mass is 79.9. The third-order valence-electron chi connectivity index (χ3n) is 1.93. The standard InChI is InChI=1S/C9H8BrF2NO3/c10-3-1-4(11)6(5(12)2-3)7(14)8(15)9(13)16/h1-2,7-8,14-15H,(H2,13,16). The van der Waals surface area contributed by atoms with Crippen LogP contribution < -0.4 is 5.73 Å². The molecule has 0 heterocycles. The van der Waals surface area contributed by atoms with Gasteiger partial charge in [0.1, 0.15) is 17.7 Å². The quantitative estimate of drug-likeness (QED) is 0.764. The number of aliphatic hydroxyl groups is 2. The van der Waals surface area contributed by atoms with Crippen LogP contribution in [0, 0.1) is 11.6 Å². The van der Waals surface area contributed by atoms with Crippen LogP contribution in [0.2, 0.25) is 0 Å². The lowest BCUT2D eigenvalue weighted by Gasteiger charge is -2.16. The van der Waals surface area contributed by atoms with Crippen LogP contribution in [-0.2, 0) is 4.79 Å². The van der Waals surface area contributed by atoms with Crippen LogP contribution in [0.25, 0.3) is 0 Å². The third kappa shape index (κ3) is 2.55. The maximum Gasteiger partial charge on any atom is 0.249 e. The highest BCUT2D eigenvalue weighted by Crippen LogP contribution is 2.26. The smallest absolute Gasteiger partial charge is 0.249 e. The number of carbonyl (C=O) groups is 1. The molecule has 0 radical (unpaired) electrons. The van der Waals surface area contributed by atoms with E-state index in [0.717, 1.165) is 12.1 Å². The zero-order valence-corrected chi connectivity index (χ0v) is 9.41. The molecule has 2 atom stereocenters. The van der Waals surface area contributed by atoms with Gasteiger partial charge < -0.3 is 15.9 Å². The van der Waals surface area contributed by atoms with Gasteiger partial charge in [-0.15, -0.1) is 0 Å². The highest BCUT2D eigenvalue weighted by Gasteiger charge is 2.28. The molecule has 0 bridgehead atoms. The van der Waals surface area contributed by atoms with Crippen LogP contribution in [0.5, 0.6) is 0 Å². The monoisotopic (exact) mass is 295 g/mol. The first-order valence-electron chi connectivity index (χ1n) is 4.14.